The smallest absolute Gasteiger partial charge is 0.170 e. The molecule has 0 N–H and O–H groups in total. The Balaban J connectivity index is 1.67. The number of rotatable bonds is 4. The zero-order chi connectivity index (χ0) is 15.2. The Morgan fingerprint density at radius 3 is 2.09 bits per heavy atom. The molecule has 2 nitrogen and oxygen atoms in total. The molecule has 0 aromatic heterocycles. The van der Waals surface area contributed by atoms with Gasteiger partial charge in [0.25, 0.3) is 0 Å². The van der Waals surface area contributed by atoms with Crippen LogP contribution in [0.15, 0.2) is 60.7 Å². The Morgan fingerprint density at radius 2 is 1.45 bits per heavy atom. The fraction of sp³-hybridized carbons (Fsp3) is 0.300. The lowest BCUT2D eigenvalue weighted by Crippen LogP contribution is -2.21. The first-order chi connectivity index (χ1) is 10.7. The number of Topliss-reactive ketones (excluding diaryl/α,β-unsaturated/α-hetero) is 2. The fourth-order valence-corrected chi connectivity index (χ4v) is 4.38. The molecule has 2 aromatic carbocycles. The normalized spacial score (nSPS) is 28.9. The van der Waals surface area contributed by atoms with Crippen molar-refractivity contribution in [3.63, 3.8) is 0 Å². The van der Waals surface area contributed by atoms with E-state index in [1.807, 2.05) is 60.7 Å². The maximum absolute atomic E-state index is 13.0. The maximum Gasteiger partial charge on any atom is 0.170 e. The van der Waals surface area contributed by atoms with Crippen molar-refractivity contribution in [2.24, 2.45) is 17.3 Å². The predicted molar refractivity (Wildman–Crippen MR) is 84.8 cm³/mol. The molecule has 2 saturated carbocycles. The Hall–Kier alpha value is -2.22. The monoisotopic (exact) mass is 290 g/mol. The summed E-state index contributed by atoms with van der Waals surface area (Å²) in [5.74, 6) is 0.448. The number of hydrogen-bond donors (Lipinski definition) is 0. The van der Waals surface area contributed by atoms with Crippen molar-refractivity contribution >= 4 is 11.6 Å². The number of fused-ring (bicyclic) bond motifs is 1. The molecule has 0 unspecified atom stereocenters. The zero-order valence-electron chi connectivity index (χ0n) is 12.4. The van der Waals surface area contributed by atoms with Crippen LogP contribution in [-0.4, -0.2) is 11.6 Å². The summed E-state index contributed by atoms with van der Waals surface area (Å²) < 4.78 is 0. The predicted octanol–water partition coefficient (Wildman–Crippen LogP) is 4.17. The van der Waals surface area contributed by atoms with Crippen molar-refractivity contribution in [1.29, 1.82) is 0 Å². The third kappa shape index (κ3) is 1.80. The number of benzene rings is 2. The van der Waals surface area contributed by atoms with Crippen LogP contribution in [0.3, 0.4) is 0 Å². The van der Waals surface area contributed by atoms with Crippen LogP contribution < -0.4 is 0 Å². The Kier molecular flexibility index (Phi) is 3.00. The molecular weight excluding hydrogens is 272 g/mol. The van der Waals surface area contributed by atoms with Gasteiger partial charge in [0.15, 0.2) is 11.6 Å². The minimum absolute atomic E-state index is 0.114. The van der Waals surface area contributed by atoms with E-state index in [0.717, 1.165) is 30.4 Å². The maximum atomic E-state index is 13.0. The minimum Gasteiger partial charge on any atom is -0.294 e. The number of carbonyl (C=O) groups is 2. The quantitative estimate of drug-likeness (QED) is 0.792. The van der Waals surface area contributed by atoms with Gasteiger partial charge in [0.05, 0.1) is 0 Å². The van der Waals surface area contributed by atoms with Gasteiger partial charge in [0.1, 0.15) is 0 Å². The molecule has 22 heavy (non-hydrogen) atoms. The molecule has 0 saturated heterocycles. The van der Waals surface area contributed by atoms with Gasteiger partial charge in [-0.1, -0.05) is 67.1 Å². The van der Waals surface area contributed by atoms with Crippen LogP contribution in [0.5, 0.6) is 0 Å². The first-order valence-electron chi connectivity index (χ1n) is 7.94. The molecular formula is C20H18O2. The molecule has 3 atom stereocenters. The second kappa shape index (κ2) is 4.91. The van der Waals surface area contributed by atoms with Crippen LogP contribution in [0.25, 0.3) is 0 Å². The van der Waals surface area contributed by atoms with Gasteiger partial charge >= 0.3 is 0 Å². The highest BCUT2D eigenvalue weighted by Crippen LogP contribution is 2.70. The molecule has 0 heterocycles. The summed E-state index contributed by atoms with van der Waals surface area (Å²) in [6.07, 6.45) is 2.91. The van der Waals surface area contributed by atoms with E-state index >= 15 is 0 Å². The molecule has 4 rings (SSSR count). The van der Waals surface area contributed by atoms with Crippen LogP contribution in [0, 0.1) is 17.3 Å². The van der Waals surface area contributed by atoms with Crippen LogP contribution in [0.4, 0.5) is 0 Å². The fourth-order valence-electron chi connectivity index (χ4n) is 4.38. The summed E-state index contributed by atoms with van der Waals surface area (Å²) in [6, 6.07) is 18.8. The van der Waals surface area contributed by atoms with E-state index in [-0.39, 0.29) is 23.4 Å². The van der Waals surface area contributed by atoms with Gasteiger partial charge < -0.3 is 0 Å². The molecule has 2 aromatic rings. The molecule has 0 aliphatic heterocycles. The Morgan fingerprint density at radius 1 is 0.864 bits per heavy atom. The van der Waals surface area contributed by atoms with Crippen LogP contribution in [0.2, 0.25) is 0 Å². The van der Waals surface area contributed by atoms with E-state index in [1.54, 1.807) is 0 Å². The lowest BCUT2D eigenvalue weighted by Gasteiger charge is -2.13. The van der Waals surface area contributed by atoms with Gasteiger partial charge in [0, 0.05) is 22.5 Å². The SMILES string of the molecule is O=C(c1ccccc1)[C@@H]1[C@H]2CCC[C@]21C(=O)c1ccccc1. The van der Waals surface area contributed by atoms with Crippen molar-refractivity contribution in [3.05, 3.63) is 71.8 Å². The highest BCUT2D eigenvalue weighted by molar-refractivity contribution is 6.11. The van der Waals surface area contributed by atoms with Crippen LogP contribution in [0.1, 0.15) is 40.0 Å². The van der Waals surface area contributed by atoms with Gasteiger partial charge in [-0.25, -0.2) is 0 Å². The van der Waals surface area contributed by atoms with Crippen molar-refractivity contribution in [1.82, 2.24) is 0 Å². The van der Waals surface area contributed by atoms with Crippen LogP contribution >= 0.6 is 0 Å². The van der Waals surface area contributed by atoms with Crippen molar-refractivity contribution in [2.45, 2.75) is 19.3 Å². The Labute approximate surface area is 130 Å². The van der Waals surface area contributed by atoms with E-state index in [9.17, 15) is 9.59 Å². The highest BCUT2D eigenvalue weighted by Gasteiger charge is 2.73. The van der Waals surface area contributed by atoms with E-state index in [4.69, 9.17) is 0 Å². The summed E-state index contributed by atoms with van der Waals surface area (Å²) in [7, 11) is 0. The zero-order valence-corrected chi connectivity index (χ0v) is 12.4. The first-order valence-corrected chi connectivity index (χ1v) is 7.94. The molecule has 0 spiro atoms. The third-order valence-corrected chi connectivity index (χ3v) is 5.41. The molecule has 110 valence electrons. The van der Waals surface area contributed by atoms with Gasteiger partial charge in [-0.2, -0.15) is 0 Å². The van der Waals surface area contributed by atoms with Crippen molar-refractivity contribution < 1.29 is 9.59 Å². The summed E-state index contributed by atoms with van der Waals surface area (Å²) in [6.45, 7) is 0. The summed E-state index contributed by atoms with van der Waals surface area (Å²) in [5, 5.41) is 0. The molecule has 2 aliphatic rings. The first kappa shape index (κ1) is 13.4. The number of ketones is 2. The molecule has 0 bridgehead atoms. The Bertz CT molecular complexity index is 720. The van der Waals surface area contributed by atoms with E-state index in [1.165, 1.54) is 0 Å². The average Bonchev–Trinajstić information content (AvgIpc) is 3.03. The van der Waals surface area contributed by atoms with Gasteiger partial charge in [-0.3, -0.25) is 9.59 Å². The van der Waals surface area contributed by atoms with Gasteiger partial charge in [-0.05, 0) is 18.8 Å². The van der Waals surface area contributed by atoms with Gasteiger partial charge in [0.2, 0.25) is 0 Å². The van der Waals surface area contributed by atoms with Gasteiger partial charge in [-0.15, -0.1) is 0 Å². The second-order valence-electron chi connectivity index (χ2n) is 6.44. The largest absolute Gasteiger partial charge is 0.294 e. The van der Waals surface area contributed by atoms with E-state index in [2.05, 4.69) is 0 Å². The number of carbonyl (C=O) groups excluding carboxylic acids is 2. The van der Waals surface area contributed by atoms with Crippen molar-refractivity contribution in [2.75, 3.05) is 0 Å². The third-order valence-electron chi connectivity index (χ3n) is 5.41. The standard InChI is InChI=1S/C20H18O2/c21-18(14-8-3-1-4-9-14)17-16-12-7-13-20(16,17)19(22)15-10-5-2-6-11-15/h1-6,8-11,16-17H,7,12-13H2/t16-,17+,20+/m1/s1. The molecule has 2 heteroatoms. The number of hydrogen-bond acceptors (Lipinski definition) is 2. The summed E-state index contributed by atoms with van der Waals surface area (Å²) in [5.41, 5.74) is 1.06. The molecule has 2 aliphatic carbocycles. The van der Waals surface area contributed by atoms with Crippen LogP contribution in [-0.2, 0) is 0 Å². The highest BCUT2D eigenvalue weighted by atomic mass is 16.1. The minimum atomic E-state index is -0.422. The average molecular weight is 290 g/mol. The molecule has 2 fully saturated rings. The molecule has 0 radical (unpaired) electrons. The summed E-state index contributed by atoms with van der Waals surface area (Å²) >= 11 is 0. The lowest BCUT2D eigenvalue weighted by atomic mass is 9.87. The van der Waals surface area contributed by atoms with E-state index < -0.39 is 5.41 Å². The van der Waals surface area contributed by atoms with E-state index in [0.29, 0.717) is 0 Å². The lowest BCUT2D eigenvalue weighted by molar-refractivity contribution is 0.0834. The topological polar surface area (TPSA) is 34.1 Å². The molecule has 0 amide bonds. The van der Waals surface area contributed by atoms with Crippen molar-refractivity contribution in [3.8, 4) is 0 Å². The second-order valence-corrected chi connectivity index (χ2v) is 6.44. The summed E-state index contributed by atoms with van der Waals surface area (Å²) in [4.78, 5) is 25.8.